The summed E-state index contributed by atoms with van der Waals surface area (Å²) < 4.78 is 0. The Labute approximate surface area is 127 Å². The van der Waals surface area contributed by atoms with Crippen LogP contribution in [-0.2, 0) is 9.59 Å². The highest BCUT2D eigenvalue weighted by atomic mass is 16.2. The lowest BCUT2D eigenvalue weighted by atomic mass is 10.1. The van der Waals surface area contributed by atoms with Crippen molar-refractivity contribution < 1.29 is 19.2 Å². The molecule has 1 aliphatic heterocycles. The Hall–Kier alpha value is -3.02. The summed E-state index contributed by atoms with van der Waals surface area (Å²) >= 11 is 0. The summed E-state index contributed by atoms with van der Waals surface area (Å²) in [5, 5.41) is 1.04. The molecule has 1 aromatic rings. The van der Waals surface area contributed by atoms with Crippen LogP contribution in [0.25, 0.3) is 0 Å². The van der Waals surface area contributed by atoms with Crippen LogP contribution in [-0.4, -0.2) is 33.6 Å². The highest BCUT2D eigenvalue weighted by Gasteiger charge is 2.44. The first-order chi connectivity index (χ1) is 10.3. The van der Waals surface area contributed by atoms with E-state index in [2.05, 4.69) is 13.2 Å². The second-order valence-corrected chi connectivity index (χ2v) is 4.95. The van der Waals surface area contributed by atoms with E-state index in [9.17, 15) is 19.2 Å². The number of nitrogens with zero attached hydrogens (tertiary/aromatic N) is 2. The van der Waals surface area contributed by atoms with Gasteiger partial charge in [-0.1, -0.05) is 25.3 Å². The van der Waals surface area contributed by atoms with Crippen LogP contribution in [0.5, 0.6) is 0 Å². The van der Waals surface area contributed by atoms with Crippen molar-refractivity contribution in [1.29, 1.82) is 0 Å². The Bertz CT molecular complexity index is 687. The van der Waals surface area contributed by atoms with Crippen LogP contribution in [0, 0.1) is 0 Å². The molecule has 0 bridgehead atoms. The quantitative estimate of drug-likeness (QED) is 0.629. The first kappa shape index (κ1) is 15.4. The third-order valence-corrected chi connectivity index (χ3v) is 3.09. The van der Waals surface area contributed by atoms with E-state index >= 15 is 0 Å². The van der Waals surface area contributed by atoms with Gasteiger partial charge in [-0.05, 0) is 26.0 Å². The molecule has 1 aliphatic rings. The molecule has 0 radical (unpaired) electrons. The van der Waals surface area contributed by atoms with Gasteiger partial charge in [-0.15, -0.1) is 0 Å². The summed E-state index contributed by atoms with van der Waals surface area (Å²) in [6, 6.07) is 6.12. The van der Waals surface area contributed by atoms with Crippen molar-refractivity contribution >= 4 is 23.6 Å². The Kier molecular flexibility index (Phi) is 3.77. The van der Waals surface area contributed by atoms with E-state index < -0.39 is 23.6 Å². The number of fused-ring (bicyclic) bond motifs is 1. The fraction of sp³-hybridized carbons (Fsp3) is 0.125. The average Bonchev–Trinajstić information content (AvgIpc) is 2.72. The normalized spacial score (nSPS) is 12.9. The van der Waals surface area contributed by atoms with Crippen molar-refractivity contribution in [2.45, 2.75) is 13.8 Å². The van der Waals surface area contributed by atoms with Gasteiger partial charge < -0.3 is 0 Å². The smallest absolute Gasteiger partial charge is 0.267 e. The molecule has 0 spiro atoms. The maximum Gasteiger partial charge on any atom is 0.281 e. The molecule has 0 unspecified atom stereocenters. The molecule has 0 N–H and O–H groups in total. The molecule has 4 amide bonds. The van der Waals surface area contributed by atoms with Gasteiger partial charge in [0.05, 0.1) is 11.1 Å². The number of imide groups is 2. The zero-order valence-electron chi connectivity index (χ0n) is 12.3. The number of amides is 4. The number of carbonyl (C=O) groups is 4. The lowest BCUT2D eigenvalue weighted by molar-refractivity contribution is -0.151. The predicted molar refractivity (Wildman–Crippen MR) is 78.4 cm³/mol. The molecular formula is C16H14N2O4. The molecule has 0 aliphatic carbocycles. The zero-order chi connectivity index (χ0) is 16.6. The van der Waals surface area contributed by atoms with Crippen LogP contribution < -0.4 is 0 Å². The average molecular weight is 298 g/mol. The van der Waals surface area contributed by atoms with Crippen molar-refractivity contribution in [2.75, 3.05) is 0 Å². The van der Waals surface area contributed by atoms with E-state index in [4.69, 9.17) is 0 Å². The van der Waals surface area contributed by atoms with E-state index in [0.29, 0.717) is 10.0 Å². The maximum atomic E-state index is 12.4. The van der Waals surface area contributed by atoms with Crippen LogP contribution in [0.2, 0.25) is 0 Å². The summed E-state index contributed by atoms with van der Waals surface area (Å²) in [7, 11) is 0. The molecule has 0 atom stereocenters. The second kappa shape index (κ2) is 5.40. The number of hydrazine groups is 1. The molecule has 0 aromatic heterocycles. The van der Waals surface area contributed by atoms with Crippen LogP contribution in [0.3, 0.4) is 0 Å². The lowest BCUT2D eigenvalue weighted by Crippen LogP contribution is -2.53. The van der Waals surface area contributed by atoms with Crippen LogP contribution in [0.4, 0.5) is 0 Å². The number of hydrogen-bond acceptors (Lipinski definition) is 4. The minimum absolute atomic E-state index is 0.0196. The van der Waals surface area contributed by atoms with Gasteiger partial charge >= 0.3 is 0 Å². The van der Waals surface area contributed by atoms with Crippen molar-refractivity contribution in [3.05, 3.63) is 59.7 Å². The largest absolute Gasteiger partial charge is 0.281 e. The van der Waals surface area contributed by atoms with E-state index in [-0.39, 0.29) is 22.3 Å². The van der Waals surface area contributed by atoms with Gasteiger partial charge in [0.1, 0.15) is 0 Å². The van der Waals surface area contributed by atoms with Crippen LogP contribution in [0.15, 0.2) is 48.6 Å². The first-order valence-corrected chi connectivity index (χ1v) is 6.45. The van der Waals surface area contributed by atoms with Crippen molar-refractivity contribution in [3.63, 3.8) is 0 Å². The molecule has 6 nitrogen and oxygen atoms in total. The Morgan fingerprint density at radius 2 is 1.27 bits per heavy atom. The molecular weight excluding hydrogens is 284 g/mol. The summed E-state index contributed by atoms with van der Waals surface area (Å²) in [5.74, 6) is -3.13. The van der Waals surface area contributed by atoms with Gasteiger partial charge in [0.25, 0.3) is 23.6 Å². The lowest BCUT2D eigenvalue weighted by Gasteiger charge is -2.28. The minimum Gasteiger partial charge on any atom is -0.267 e. The van der Waals surface area contributed by atoms with E-state index in [1.165, 1.54) is 26.0 Å². The van der Waals surface area contributed by atoms with Gasteiger partial charge in [-0.25, -0.2) is 0 Å². The zero-order valence-corrected chi connectivity index (χ0v) is 12.3. The third kappa shape index (κ3) is 2.24. The molecule has 22 heavy (non-hydrogen) atoms. The van der Waals surface area contributed by atoms with Gasteiger partial charge in [0, 0.05) is 11.1 Å². The van der Waals surface area contributed by atoms with E-state index in [1.54, 1.807) is 12.1 Å². The molecule has 2 rings (SSSR count). The number of benzene rings is 1. The van der Waals surface area contributed by atoms with Crippen LogP contribution in [0.1, 0.15) is 34.6 Å². The molecule has 6 heteroatoms. The molecule has 0 fully saturated rings. The van der Waals surface area contributed by atoms with Crippen LogP contribution >= 0.6 is 0 Å². The standard InChI is InChI=1S/C16H14N2O4/c1-9(2)13(19)17(14(20)10(3)4)18-15(21)11-7-5-6-8-12(11)16(18)22/h5-8H,1,3H2,2,4H3. The summed E-state index contributed by atoms with van der Waals surface area (Å²) in [5.41, 5.74) is 0.320. The Balaban J connectivity index is 2.55. The van der Waals surface area contributed by atoms with Gasteiger partial charge in [-0.3, -0.25) is 19.2 Å². The second-order valence-electron chi connectivity index (χ2n) is 4.95. The highest BCUT2D eigenvalue weighted by Crippen LogP contribution is 2.25. The SMILES string of the molecule is C=C(C)C(=O)N(C(=O)C(=C)C)N1C(=O)c2ccccc2C1=O. The van der Waals surface area contributed by atoms with Crippen molar-refractivity contribution in [1.82, 2.24) is 10.0 Å². The monoisotopic (exact) mass is 298 g/mol. The number of rotatable bonds is 3. The number of carbonyl (C=O) groups excluding carboxylic acids is 4. The Morgan fingerprint density at radius 1 is 0.909 bits per heavy atom. The Morgan fingerprint density at radius 3 is 1.59 bits per heavy atom. The maximum absolute atomic E-state index is 12.4. The van der Waals surface area contributed by atoms with Crippen molar-refractivity contribution in [3.8, 4) is 0 Å². The van der Waals surface area contributed by atoms with E-state index in [0.717, 1.165) is 0 Å². The van der Waals surface area contributed by atoms with Gasteiger partial charge in [0.15, 0.2) is 0 Å². The first-order valence-electron chi connectivity index (χ1n) is 6.45. The highest BCUT2D eigenvalue weighted by molar-refractivity contribution is 6.24. The summed E-state index contributed by atoms with van der Waals surface area (Å²) in [4.78, 5) is 49.3. The van der Waals surface area contributed by atoms with Gasteiger partial charge in [-0.2, -0.15) is 10.0 Å². The minimum atomic E-state index is -0.831. The fourth-order valence-corrected chi connectivity index (χ4v) is 1.99. The summed E-state index contributed by atoms with van der Waals surface area (Å²) in [6.45, 7) is 9.71. The molecule has 1 aromatic carbocycles. The topological polar surface area (TPSA) is 74.8 Å². The predicted octanol–water partition coefficient (Wildman–Crippen LogP) is 1.71. The molecule has 1 heterocycles. The molecule has 0 saturated carbocycles. The third-order valence-electron chi connectivity index (χ3n) is 3.09. The van der Waals surface area contributed by atoms with E-state index in [1.807, 2.05) is 0 Å². The molecule has 0 saturated heterocycles. The number of hydrogen-bond donors (Lipinski definition) is 0. The fourth-order valence-electron chi connectivity index (χ4n) is 1.99. The van der Waals surface area contributed by atoms with Gasteiger partial charge in [0.2, 0.25) is 0 Å². The molecule has 112 valence electrons. The van der Waals surface area contributed by atoms with Crippen molar-refractivity contribution in [2.24, 2.45) is 0 Å². The summed E-state index contributed by atoms with van der Waals surface area (Å²) in [6.07, 6.45) is 0.